The summed E-state index contributed by atoms with van der Waals surface area (Å²) in [5, 5.41) is 3.92. The molecule has 3 rings (SSSR count). The lowest BCUT2D eigenvalue weighted by atomic mass is 9.76. The zero-order valence-electron chi connectivity index (χ0n) is 11.2. The average Bonchev–Trinajstić information content (AvgIpc) is 2.37. The number of benzene rings is 1. The van der Waals surface area contributed by atoms with Gasteiger partial charge in [-0.3, -0.25) is 0 Å². The first-order chi connectivity index (χ1) is 9.61. The van der Waals surface area contributed by atoms with Crippen LogP contribution >= 0.6 is 11.6 Å². The van der Waals surface area contributed by atoms with E-state index in [9.17, 15) is 4.39 Å². The van der Waals surface area contributed by atoms with Crippen molar-refractivity contribution in [1.82, 2.24) is 4.98 Å². The minimum Gasteiger partial charge on any atom is -0.380 e. The van der Waals surface area contributed by atoms with Gasteiger partial charge in [0.2, 0.25) is 0 Å². The van der Waals surface area contributed by atoms with Crippen LogP contribution in [0.2, 0.25) is 5.15 Å². The molecule has 0 radical (unpaired) electrons. The van der Waals surface area contributed by atoms with E-state index >= 15 is 0 Å². The first-order valence-electron chi connectivity index (χ1n) is 6.76. The Morgan fingerprint density at radius 2 is 2.10 bits per heavy atom. The number of nitrogens with zero attached hydrogens (tertiary/aromatic N) is 1. The lowest BCUT2D eigenvalue weighted by Crippen LogP contribution is -2.34. The largest absolute Gasteiger partial charge is 0.380 e. The molecule has 2 aromatic rings. The highest BCUT2D eigenvalue weighted by Crippen LogP contribution is 2.39. The van der Waals surface area contributed by atoms with E-state index in [1.165, 1.54) is 6.07 Å². The second kappa shape index (κ2) is 5.41. The van der Waals surface area contributed by atoms with Gasteiger partial charge < -0.3 is 5.32 Å². The summed E-state index contributed by atoms with van der Waals surface area (Å²) >= 11 is 6.07. The lowest BCUT2D eigenvalue weighted by molar-refractivity contribution is 0.373. The number of pyridine rings is 1. The summed E-state index contributed by atoms with van der Waals surface area (Å²) in [6.45, 7) is 1.99. The summed E-state index contributed by atoms with van der Waals surface area (Å²) < 4.78 is 13.2. The molecule has 2 nitrogen and oxygen atoms in total. The number of halogens is 2. The average molecular weight is 291 g/mol. The Hall–Kier alpha value is -1.61. The van der Waals surface area contributed by atoms with E-state index in [1.807, 2.05) is 19.1 Å². The molecule has 1 aliphatic rings. The lowest BCUT2D eigenvalue weighted by Gasteiger charge is -2.37. The maximum Gasteiger partial charge on any atom is 0.152 e. The molecule has 0 bridgehead atoms. The van der Waals surface area contributed by atoms with Crippen molar-refractivity contribution in [3.05, 3.63) is 58.6 Å². The highest BCUT2D eigenvalue weighted by molar-refractivity contribution is 6.32. The van der Waals surface area contributed by atoms with Gasteiger partial charge >= 0.3 is 0 Å². The molecule has 20 heavy (non-hydrogen) atoms. The van der Waals surface area contributed by atoms with Gasteiger partial charge in [0.15, 0.2) is 5.15 Å². The number of aromatic nitrogens is 1. The van der Waals surface area contributed by atoms with Crippen molar-refractivity contribution in [1.29, 1.82) is 0 Å². The quantitative estimate of drug-likeness (QED) is 0.840. The molecule has 0 atom stereocenters. The second-order valence-electron chi connectivity index (χ2n) is 5.42. The van der Waals surface area contributed by atoms with E-state index in [2.05, 4.69) is 10.3 Å². The Labute approximate surface area is 123 Å². The van der Waals surface area contributed by atoms with Crippen LogP contribution in [0.25, 0.3) is 0 Å². The molecule has 1 aliphatic carbocycles. The molecule has 1 aromatic heterocycles. The third kappa shape index (κ3) is 2.78. The van der Waals surface area contributed by atoms with Crippen molar-refractivity contribution in [2.24, 2.45) is 0 Å². The fourth-order valence-corrected chi connectivity index (χ4v) is 2.80. The van der Waals surface area contributed by atoms with E-state index in [1.54, 1.807) is 18.3 Å². The Bertz CT molecular complexity index is 624. The van der Waals surface area contributed by atoms with Crippen LogP contribution in [0.4, 0.5) is 10.1 Å². The molecule has 1 fully saturated rings. The number of hydrogen-bond donors (Lipinski definition) is 1. The van der Waals surface area contributed by atoms with E-state index < -0.39 is 0 Å². The Morgan fingerprint density at radius 3 is 2.85 bits per heavy atom. The van der Waals surface area contributed by atoms with E-state index in [4.69, 9.17) is 11.6 Å². The van der Waals surface area contributed by atoms with Gasteiger partial charge in [0.05, 0.1) is 5.69 Å². The molecule has 1 saturated carbocycles. The molecule has 4 heteroatoms. The van der Waals surface area contributed by atoms with Crippen LogP contribution in [0, 0.1) is 12.7 Å². The number of anilines is 1. The molecule has 1 heterocycles. The van der Waals surface area contributed by atoms with Crippen LogP contribution in [0.3, 0.4) is 0 Å². The standard InChI is InChI=1S/C16H16ClFN2/c1-10-5-15(16(17)19-9-10)20-14-7-12(8-14)11-3-2-4-13(18)6-11/h2-6,9,12,14,20H,7-8H2,1H3. The van der Waals surface area contributed by atoms with Crippen molar-refractivity contribution < 1.29 is 4.39 Å². The molecule has 1 aromatic carbocycles. The maximum atomic E-state index is 13.2. The van der Waals surface area contributed by atoms with Crippen LogP contribution in [0.15, 0.2) is 36.5 Å². The predicted molar refractivity (Wildman–Crippen MR) is 79.8 cm³/mol. The summed E-state index contributed by atoms with van der Waals surface area (Å²) in [6, 6.07) is 9.25. The fourth-order valence-electron chi connectivity index (χ4n) is 2.64. The third-order valence-corrected chi connectivity index (χ3v) is 4.09. The summed E-state index contributed by atoms with van der Waals surface area (Å²) in [7, 11) is 0. The van der Waals surface area contributed by atoms with Gasteiger partial charge in [-0.15, -0.1) is 0 Å². The van der Waals surface area contributed by atoms with Gasteiger partial charge in [0, 0.05) is 12.2 Å². The van der Waals surface area contributed by atoms with Crippen LogP contribution in [0.5, 0.6) is 0 Å². The van der Waals surface area contributed by atoms with Gasteiger partial charge in [-0.2, -0.15) is 0 Å². The van der Waals surface area contributed by atoms with Crippen LogP contribution in [-0.2, 0) is 0 Å². The van der Waals surface area contributed by atoms with Crippen LogP contribution < -0.4 is 5.32 Å². The zero-order valence-corrected chi connectivity index (χ0v) is 12.0. The Morgan fingerprint density at radius 1 is 1.30 bits per heavy atom. The number of hydrogen-bond acceptors (Lipinski definition) is 2. The molecular weight excluding hydrogens is 275 g/mol. The normalized spacial score (nSPS) is 21.4. The minimum absolute atomic E-state index is 0.162. The van der Waals surface area contributed by atoms with Crippen molar-refractivity contribution >= 4 is 17.3 Å². The summed E-state index contributed by atoms with van der Waals surface area (Å²) in [6.07, 6.45) is 3.74. The molecule has 0 amide bonds. The minimum atomic E-state index is -0.162. The van der Waals surface area contributed by atoms with Crippen LogP contribution in [0.1, 0.15) is 29.9 Å². The summed E-state index contributed by atoms with van der Waals surface area (Å²) in [5.41, 5.74) is 3.05. The first-order valence-corrected chi connectivity index (χ1v) is 7.14. The molecule has 0 saturated heterocycles. The van der Waals surface area contributed by atoms with E-state index in [0.717, 1.165) is 29.7 Å². The van der Waals surface area contributed by atoms with E-state index in [0.29, 0.717) is 17.1 Å². The zero-order chi connectivity index (χ0) is 14.1. The van der Waals surface area contributed by atoms with Crippen molar-refractivity contribution in [2.45, 2.75) is 31.7 Å². The number of aryl methyl sites for hydroxylation is 1. The van der Waals surface area contributed by atoms with Crippen LogP contribution in [-0.4, -0.2) is 11.0 Å². The highest BCUT2D eigenvalue weighted by atomic mass is 35.5. The van der Waals surface area contributed by atoms with Gasteiger partial charge in [0.1, 0.15) is 5.82 Å². The Balaban J connectivity index is 1.62. The Kier molecular flexibility index (Phi) is 3.62. The van der Waals surface area contributed by atoms with Crippen molar-refractivity contribution in [2.75, 3.05) is 5.32 Å². The number of nitrogens with one attached hydrogen (secondary N) is 1. The molecule has 104 valence electrons. The van der Waals surface area contributed by atoms with Gasteiger partial charge in [-0.1, -0.05) is 23.7 Å². The van der Waals surface area contributed by atoms with Crippen molar-refractivity contribution in [3.63, 3.8) is 0 Å². The summed E-state index contributed by atoms with van der Waals surface area (Å²) in [4.78, 5) is 4.13. The summed E-state index contributed by atoms with van der Waals surface area (Å²) in [5.74, 6) is 0.268. The fraction of sp³-hybridized carbons (Fsp3) is 0.312. The topological polar surface area (TPSA) is 24.9 Å². The van der Waals surface area contributed by atoms with E-state index in [-0.39, 0.29) is 5.82 Å². The monoisotopic (exact) mass is 290 g/mol. The molecular formula is C16H16ClFN2. The van der Waals surface area contributed by atoms with Gasteiger partial charge in [0.25, 0.3) is 0 Å². The molecule has 1 N–H and O–H groups in total. The smallest absolute Gasteiger partial charge is 0.152 e. The highest BCUT2D eigenvalue weighted by Gasteiger charge is 2.30. The van der Waals surface area contributed by atoms with Gasteiger partial charge in [-0.25, -0.2) is 9.37 Å². The van der Waals surface area contributed by atoms with Gasteiger partial charge in [-0.05, 0) is 55.0 Å². The predicted octanol–water partition coefficient (Wildman–Crippen LogP) is 4.54. The maximum absolute atomic E-state index is 13.2. The SMILES string of the molecule is Cc1cnc(Cl)c(NC2CC(c3cccc(F)c3)C2)c1. The molecule has 0 spiro atoms. The number of rotatable bonds is 3. The van der Waals surface area contributed by atoms with Crippen molar-refractivity contribution in [3.8, 4) is 0 Å². The first kappa shape index (κ1) is 13.4. The second-order valence-corrected chi connectivity index (χ2v) is 5.77. The third-order valence-electron chi connectivity index (χ3n) is 3.79. The molecule has 0 unspecified atom stereocenters. The molecule has 0 aliphatic heterocycles.